The third kappa shape index (κ3) is 13.1. The molecule has 0 atom stereocenters. The van der Waals surface area contributed by atoms with Crippen LogP contribution in [0.3, 0.4) is 0 Å². The van der Waals surface area contributed by atoms with Crippen molar-refractivity contribution in [2.45, 2.75) is 156 Å². The number of carbonyl (C=O) groups excluding carboxylic acids is 2. The third-order valence-corrected chi connectivity index (χ3v) is 10.5. The molecule has 9 heteroatoms. The van der Waals surface area contributed by atoms with Crippen LogP contribution in [-0.4, -0.2) is 37.0 Å². The zero-order chi connectivity index (χ0) is 40.6. The van der Waals surface area contributed by atoms with E-state index in [4.69, 9.17) is 15.5 Å². The van der Waals surface area contributed by atoms with Crippen LogP contribution in [0.15, 0.2) is 72.8 Å². The molecular formula is C48H66N6O3. The molecule has 2 amide bonds. The number of fused-ring (bicyclic) bond motifs is 3. The minimum atomic E-state index is -0.618. The number of aryl methyl sites for hydroxylation is 1. The van der Waals surface area contributed by atoms with Gasteiger partial charge >= 0.3 is 6.09 Å². The van der Waals surface area contributed by atoms with Crippen LogP contribution in [0.4, 0.5) is 16.3 Å². The first-order valence-electron chi connectivity index (χ1n) is 21.5. The van der Waals surface area contributed by atoms with Crippen molar-refractivity contribution in [3.8, 4) is 0 Å². The Bertz CT molecular complexity index is 2010. The van der Waals surface area contributed by atoms with E-state index in [1.54, 1.807) is 0 Å². The van der Waals surface area contributed by atoms with Crippen LogP contribution in [0.5, 0.6) is 0 Å². The van der Waals surface area contributed by atoms with Crippen molar-refractivity contribution < 1.29 is 14.3 Å². The van der Waals surface area contributed by atoms with Gasteiger partial charge in [0.15, 0.2) is 5.82 Å². The maximum atomic E-state index is 13.7. The quantitative estimate of drug-likeness (QED) is 0.0673. The highest BCUT2D eigenvalue weighted by atomic mass is 16.6. The van der Waals surface area contributed by atoms with E-state index in [-0.39, 0.29) is 24.6 Å². The number of benzene rings is 3. The molecule has 0 unspecified atom stereocenters. The molecule has 0 radical (unpaired) electrons. The summed E-state index contributed by atoms with van der Waals surface area (Å²) in [6, 6.07) is 24.1. The van der Waals surface area contributed by atoms with Crippen molar-refractivity contribution in [2.24, 2.45) is 0 Å². The number of nitrogens with one attached hydrogen (secondary N) is 1. The first-order valence-corrected chi connectivity index (χ1v) is 21.5. The number of aromatic nitrogens is 3. The van der Waals surface area contributed by atoms with Gasteiger partial charge < -0.3 is 20.4 Å². The Labute approximate surface area is 340 Å². The molecule has 2 heterocycles. The number of rotatable bonds is 22. The van der Waals surface area contributed by atoms with Crippen molar-refractivity contribution in [2.75, 3.05) is 11.1 Å². The van der Waals surface area contributed by atoms with Gasteiger partial charge in [-0.05, 0) is 68.5 Å². The largest absolute Gasteiger partial charge is 0.444 e. The maximum absolute atomic E-state index is 13.7. The predicted molar refractivity (Wildman–Crippen MR) is 235 cm³/mol. The molecule has 0 fully saturated rings. The smallest absolute Gasteiger partial charge is 0.417 e. The summed E-state index contributed by atoms with van der Waals surface area (Å²) < 4.78 is 8.05. The van der Waals surface area contributed by atoms with Gasteiger partial charge in [-0.2, -0.15) is 0 Å². The van der Waals surface area contributed by atoms with Gasteiger partial charge in [-0.15, -0.1) is 0 Å². The van der Waals surface area contributed by atoms with Crippen LogP contribution >= 0.6 is 0 Å². The van der Waals surface area contributed by atoms with Gasteiger partial charge in [0.25, 0.3) is 0 Å². The van der Waals surface area contributed by atoms with E-state index in [0.717, 1.165) is 88.7 Å². The lowest BCUT2D eigenvalue weighted by molar-refractivity contribution is -0.130. The molecule has 0 spiro atoms. The molecule has 57 heavy (non-hydrogen) atoms. The standard InChI is InChI=1S/C48H66N6O3/c1-6-8-10-11-12-13-14-15-16-17-18-24-43(55)54(47(56)57-35-38-29-31-39(32-30-38)52-48(3,4)5)34-37-27-25-36(26-28-37)33-53-42(23-9-7-2)51-44-45(53)40-21-19-20-22-41(40)50-46(44)49/h19-22,25-32,52H,6-18,23-24,33-35H2,1-5H3,(H2,49,50). The Balaban J connectivity index is 1.26. The zero-order valence-electron chi connectivity index (χ0n) is 35.2. The van der Waals surface area contributed by atoms with Crippen molar-refractivity contribution >= 4 is 45.4 Å². The fourth-order valence-corrected chi connectivity index (χ4v) is 7.39. The monoisotopic (exact) mass is 775 g/mol. The van der Waals surface area contributed by atoms with Gasteiger partial charge in [0.05, 0.1) is 17.6 Å². The third-order valence-electron chi connectivity index (χ3n) is 10.5. The number of nitrogen functional groups attached to an aromatic ring is 1. The van der Waals surface area contributed by atoms with Gasteiger partial charge in [-0.1, -0.05) is 139 Å². The van der Waals surface area contributed by atoms with E-state index in [2.05, 4.69) is 67.7 Å². The molecular weight excluding hydrogens is 709 g/mol. The summed E-state index contributed by atoms with van der Waals surface area (Å²) in [5.74, 6) is 1.23. The van der Waals surface area contributed by atoms with E-state index in [1.807, 2.05) is 54.6 Å². The number of nitrogens with zero attached hydrogens (tertiary/aromatic N) is 4. The Hall–Kier alpha value is -4.92. The molecule has 306 valence electrons. The highest BCUT2D eigenvalue weighted by Gasteiger charge is 2.24. The first-order chi connectivity index (χ1) is 27.6. The van der Waals surface area contributed by atoms with Gasteiger partial charge in [-0.25, -0.2) is 19.7 Å². The summed E-state index contributed by atoms with van der Waals surface area (Å²) in [4.78, 5) is 38.2. The summed E-state index contributed by atoms with van der Waals surface area (Å²) in [7, 11) is 0. The maximum Gasteiger partial charge on any atom is 0.417 e. The van der Waals surface area contributed by atoms with E-state index >= 15 is 0 Å². The molecule has 0 saturated carbocycles. The lowest BCUT2D eigenvalue weighted by Crippen LogP contribution is -2.36. The fourth-order valence-electron chi connectivity index (χ4n) is 7.39. The van der Waals surface area contributed by atoms with E-state index in [9.17, 15) is 9.59 Å². The van der Waals surface area contributed by atoms with Gasteiger partial charge in [0.2, 0.25) is 5.91 Å². The van der Waals surface area contributed by atoms with Crippen molar-refractivity contribution in [3.05, 3.63) is 95.3 Å². The Morgan fingerprint density at radius 3 is 1.98 bits per heavy atom. The number of ether oxygens (including phenoxy) is 1. The summed E-state index contributed by atoms with van der Waals surface area (Å²) in [5, 5.41) is 4.48. The second-order valence-corrected chi connectivity index (χ2v) is 16.6. The molecule has 9 nitrogen and oxygen atoms in total. The number of hydrogen-bond acceptors (Lipinski definition) is 7. The van der Waals surface area contributed by atoms with E-state index < -0.39 is 6.09 Å². The van der Waals surface area contributed by atoms with Gasteiger partial charge in [0, 0.05) is 36.0 Å². The Morgan fingerprint density at radius 2 is 1.33 bits per heavy atom. The van der Waals surface area contributed by atoms with Crippen LogP contribution in [0.2, 0.25) is 0 Å². The summed E-state index contributed by atoms with van der Waals surface area (Å²) >= 11 is 0. The molecule has 0 aliphatic carbocycles. The lowest BCUT2D eigenvalue weighted by Gasteiger charge is -2.22. The first kappa shape index (κ1) is 43.2. The average molecular weight is 775 g/mol. The molecule has 3 aromatic carbocycles. The Morgan fingerprint density at radius 1 is 0.737 bits per heavy atom. The highest BCUT2D eigenvalue weighted by Crippen LogP contribution is 2.30. The molecule has 0 bridgehead atoms. The number of hydrogen-bond donors (Lipinski definition) is 2. The fraction of sp³-hybridized carbons (Fsp3) is 0.500. The highest BCUT2D eigenvalue weighted by molar-refractivity contribution is 6.06. The SMILES string of the molecule is CCCCCCCCCCCCCC(=O)N(Cc1ccc(Cn2c(CCCC)nc3c(N)nc4ccccc4c32)cc1)C(=O)OCc1ccc(NC(C)(C)C)cc1. The van der Waals surface area contributed by atoms with Crippen LogP contribution in [0.25, 0.3) is 21.9 Å². The number of nitrogens with two attached hydrogens (primary N) is 1. The van der Waals surface area contributed by atoms with Crippen molar-refractivity contribution in [3.63, 3.8) is 0 Å². The molecule has 3 N–H and O–H groups in total. The predicted octanol–water partition coefficient (Wildman–Crippen LogP) is 12.1. The lowest BCUT2D eigenvalue weighted by atomic mass is 10.0. The van der Waals surface area contributed by atoms with Crippen LogP contribution < -0.4 is 11.1 Å². The number of anilines is 2. The van der Waals surface area contributed by atoms with Gasteiger partial charge in [-0.3, -0.25) is 4.79 Å². The number of pyridine rings is 1. The Kier molecular flexibility index (Phi) is 16.3. The molecule has 5 rings (SSSR count). The number of para-hydroxylation sites is 1. The second-order valence-electron chi connectivity index (χ2n) is 16.6. The molecule has 5 aromatic rings. The molecule has 0 aliphatic heterocycles. The number of unbranched alkanes of at least 4 members (excludes halogenated alkanes) is 11. The minimum Gasteiger partial charge on any atom is -0.444 e. The summed E-state index contributed by atoms with van der Waals surface area (Å²) in [6.45, 7) is 11.6. The number of imidazole rings is 1. The van der Waals surface area contributed by atoms with E-state index in [0.29, 0.717) is 18.8 Å². The second kappa shape index (κ2) is 21.6. The number of imide groups is 1. The molecule has 0 aliphatic rings. The van der Waals surface area contributed by atoms with Crippen LogP contribution in [0, 0.1) is 0 Å². The van der Waals surface area contributed by atoms with Crippen molar-refractivity contribution in [1.82, 2.24) is 19.4 Å². The average Bonchev–Trinajstić information content (AvgIpc) is 3.56. The zero-order valence-corrected chi connectivity index (χ0v) is 35.2. The van der Waals surface area contributed by atoms with E-state index in [1.165, 1.54) is 56.3 Å². The number of amides is 2. The topological polar surface area (TPSA) is 115 Å². The molecule has 2 aromatic heterocycles. The van der Waals surface area contributed by atoms with Crippen molar-refractivity contribution in [1.29, 1.82) is 0 Å². The normalized spacial score (nSPS) is 11.7. The molecule has 0 saturated heterocycles. The summed E-state index contributed by atoms with van der Waals surface area (Å²) in [5.41, 5.74) is 12.8. The van der Waals surface area contributed by atoms with Gasteiger partial charge in [0.1, 0.15) is 17.9 Å². The number of carbonyl (C=O) groups is 2. The minimum absolute atomic E-state index is 0.0620. The summed E-state index contributed by atoms with van der Waals surface area (Å²) in [6.07, 6.45) is 15.8. The van der Waals surface area contributed by atoms with Crippen LogP contribution in [0.1, 0.15) is 147 Å². The van der Waals surface area contributed by atoms with Crippen LogP contribution in [-0.2, 0) is 35.6 Å².